The number of rotatable bonds is 9. The van der Waals surface area contributed by atoms with Gasteiger partial charge in [0.15, 0.2) is 0 Å². The number of aliphatic hydroxyl groups is 1. The second-order valence-electron chi connectivity index (χ2n) is 4.59. The molecule has 0 saturated carbocycles. The number of unbranched alkanes of at least 4 members (excludes halogenated alkanes) is 2. The van der Waals surface area contributed by atoms with Gasteiger partial charge in [0.05, 0.1) is 12.7 Å². The molecule has 0 bridgehead atoms. The van der Waals surface area contributed by atoms with Crippen LogP contribution in [0.15, 0.2) is 0 Å². The molecule has 0 aromatic heterocycles. The predicted molar refractivity (Wildman–Crippen MR) is 63.8 cm³/mol. The van der Waals surface area contributed by atoms with E-state index in [9.17, 15) is 0 Å². The molecule has 0 spiro atoms. The molecule has 0 aliphatic heterocycles. The summed E-state index contributed by atoms with van der Waals surface area (Å²) in [5.74, 6) is 0.549. The van der Waals surface area contributed by atoms with Crippen molar-refractivity contribution in [2.75, 3.05) is 13.2 Å². The molecule has 0 aromatic rings. The van der Waals surface area contributed by atoms with E-state index in [4.69, 9.17) is 15.6 Å². The molecule has 0 rings (SSSR count). The van der Waals surface area contributed by atoms with Crippen molar-refractivity contribution >= 4 is 0 Å². The van der Waals surface area contributed by atoms with Crippen molar-refractivity contribution in [3.05, 3.63) is 0 Å². The largest absolute Gasteiger partial charge is 0.394 e. The first kappa shape index (κ1) is 14.9. The molecule has 0 aliphatic rings. The molecule has 3 nitrogen and oxygen atoms in total. The van der Waals surface area contributed by atoms with Gasteiger partial charge in [0.25, 0.3) is 0 Å². The summed E-state index contributed by atoms with van der Waals surface area (Å²) < 4.78 is 5.58. The van der Waals surface area contributed by atoms with Crippen molar-refractivity contribution < 1.29 is 9.84 Å². The van der Waals surface area contributed by atoms with Gasteiger partial charge in [0, 0.05) is 12.6 Å². The van der Waals surface area contributed by atoms with E-state index in [2.05, 4.69) is 20.8 Å². The zero-order valence-electron chi connectivity index (χ0n) is 10.4. The van der Waals surface area contributed by atoms with Gasteiger partial charge in [-0.1, -0.05) is 33.6 Å². The molecule has 0 saturated heterocycles. The van der Waals surface area contributed by atoms with Crippen molar-refractivity contribution in [3.63, 3.8) is 0 Å². The van der Waals surface area contributed by atoms with E-state index < -0.39 is 0 Å². The fourth-order valence-corrected chi connectivity index (χ4v) is 1.59. The Morgan fingerprint density at radius 1 is 1.27 bits per heavy atom. The normalized spacial score (nSPS) is 15.6. The van der Waals surface area contributed by atoms with Crippen LogP contribution in [-0.4, -0.2) is 30.5 Å². The average Bonchev–Trinajstić information content (AvgIpc) is 2.16. The number of ether oxygens (including phenoxy) is 1. The van der Waals surface area contributed by atoms with Crippen LogP contribution in [0.3, 0.4) is 0 Å². The third-order valence-corrected chi connectivity index (χ3v) is 2.48. The lowest BCUT2D eigenvalue weighted by Crippen LogP contribution is -2.40. The van der Waals surface area contributed by atoms with Crippen LogP contribution >= 0.6 is 0 Å². The first-order valence-corrected chi connectivity index (χ1v) is 6.09. The van der Waals surface area contributed by atoms with Crippen LogP contribution in [0.25, 0.3) is 0 Å². The third-order valence-electron chi connectivity index (χ3n) is 2.48. The first-order chi connectivity index (χ1) is 7.11. The number of nitrogens with two attached hydrogens (primary N) is 1. The van der Waals surface area contributed by atoms with E-state index in [1.165, 1.54) is 12.8 Å². The van der Waals surface area contributed by atoms with E-state index >= 15 is 0 Å². The van der Waals surface area contributed by atoms with E-state index in [1.54, 1.807) is 0 Å². The van der Waals surface area contributed by atoms with Crippen LogP contribution in [0.1, 0.15) is 46.5 Å². The van der Waals surface area contributed by atoms with Gasteiger partial charge in [-0.05, 0) is 18.8 Å². The zero-order chi connectivity index (χ0) is 11.7. The van der Waals surface area contributed by atoms with E-state index in [1.807, 2.05) is 0 Å². The van der Waals surface area contributed by atoms with Crippen molar-refractivity contribution in [3.8, 4) is 0 Å². The summed E-state index contributed by atoms with van der Waals surface area (Å²) in [6.07, 6.45) is 4.13. The van der Waals surface area contributed by atoms with E-state index in [0.717, 1.165) is 12.8 Å². The number of hydrogen-bond acceptors (Lipinski definition) is 3. The minimum Gasteiger partial charge on any atom is -0.394 e. The summed E-state index contributed by atoms with van der Waals surface area (Å²) in [4.78, 5) is 0. The Labute approximate surface area is 94.0 Å². The lowest BCUT2D eigenvalue weighted by atomic mass is 10.0. The summed E-state index contributed by atoms with van der Waals surface area (Å²) in [6, 6.07) is -0.0448. The summed E-state index contributed by atoms with van der Waals surface area (Å²) in [6.45, 7) is 7.16. The quantitative estimate of drug-likeness (QED) is 0.580. The molecule has 0 fully saturated rings. The van der Waals surface area contributed by atoms with Crippen LogP contribution in [0, 0.1) is 5.92 Å². The highest BCUT2D eigenvalue weighted by Gasteiger charge is 2.18. The molecule has 0 radical (unpaired) electrons. The Kier molecular flexibility index (Phi) is 9.06. The van der Waals surface area contributed by atoms with E-state index in [0.29, 0.717) is 12.5 Å². The second kappa shape index (κ2) is 9.13. The molecular formula is C12H27NO2. The van der Waals surface area contributed by atoms with Gasteiger partial charge in [-0.2, -0.15) is 0 Å². The standard InChI is InChI=1S/C12H27NO2/c1-4-5-6-7-15-12(9-14)11(13)8-10(2)3/h10-12,14H,4-9,13H2,1-3H3. The fourth-order valence-electron chi connectivity index (χ4n) is 1.59. The second-order valence-corrected chi connectivity index (χ2v) is 4.59. The summed E-state index contributed by atoms with van der Waals surface area (Å²) in [5.41, 5.74) is 5.96. The van der Waals surface area contributed by atoms with Gasteiger partial charge < -0.3 is 15.6 Å². The molecule has 92 valence electrons. The summed E-state index contributed by atoms with van der Waals surface area (Å²) in [5, 5.41) is 9.16. The smallest absolute Gasteiger partial charge is 0.0956 e. The summed E-state index contributed by atoms with van der Waals surface area (Å²) in [7, 11) is 0. The van der Waals surface area contributed by atoms with Gasteiger partial charge in [-0.3, -0.25) is 0 Å². The Bertz CT molecular complexity index is 140. The molecule has 15 heavy (non-hydrogen) atoms. The van der Waals surface area contributed by atoms with Crippen LogP contribution in [0.2, 0.25) is 0 Å². The number of aliphatic hydroxyl groups excluding tert-OH is 1. The Morgan fingerprint density at radius 2 is 1.93 bits per heavy atom. The van der Waals surface area contributed by atoms with Crippen LogP contribution in [0.4, 0.5) is 0 Å². The maximum Gasteiger partial charge on any atom is 0.0956 e. The number of hydrogen-bond donors (Lipinski definition) is 2. The van der Waals surface area contributed by atoms with Gasteiger partial charge in [0.1, 0.15) is 0 Å². The van der Waals surface area contributed by atoms with Crippen LogP contribution < -0.4 is 5.73 Å². The molecule has 0 amide bonds. The Hall–Kier alpha value is -0.120. The van der Waals surface area contributed by atoms with Gasteiger partial charge in [-0.15, -0.1) is 0 Å². The fraction of sp³-hybridized carbons (Fsp3) is 1.00. The first-order valence-electron chi connectivity index (χ1n) is 6.09. The molecule has 0 aromatic carbocycles. The SMILES string of the molecule is CCCCCOC(CO)C(N)CC(C)C. The van der Waals surface area contributed by atoms with Gasteiger partial charge in [-0.25, -0.2) is 0 Å². The van der Waals surface area contributed by atoms with Crippen LogP contribution in [-0.2, 0) is 4.74 Å². The lowest BCUT2D eigenvalue weighted by Gasteiger charge is -2.23. The molecule has 0 aliphatic carbocycles. The Morgan fingerprint density at radius 3 is 2.40 bits per heavy atom. The van der Waals surface area contributed by atoms with Crippen molar-refractivity contribution in [1.82, 2.24) is 0 Å². The molecule has 2 unspecified atom stereocenters. The predicted octanol–water partition coefficient (Wildman–Crippen LogP) is 1.93. The van der Waals surface area contributed by atoms with Gasteiger partial charge in [0.2, 0.25) is 0 Å². The highest BCUT2D eigenvalue weighted by atomic mass is 16.5. The Balaban J connectivity index is 3.70. The van der Waals surface area contributed by atoms with Crippen molar-refractivity contribution in [2.45, 2.75) is 58.6 Å². The van der Waals surface area contributed by atoms with Crippen molar-refractivity contribution in [2.24, 2.45) is 11.7 Å². The molecule has 0 heterocycles. The average molecular weight is 217 g/mol. The molecule has 3 heteroatoms. The summed E-state index contributed by atoms with van der Waals surface area (Å²) >= 11 is 0. The highest BCUT2D eigenvalue weighted by molar-refractivity contribution is 4.74. The topological polar surface area (TPSA) is 55.5 Å². The van der Waals surface area contributed by atoms with Crippen molar-refractivity contribution in [1.29, 1.82) is 0 Å². The zero-order valence-corrected chi connectivity index (χ0v) is 10.4. The molecule has 2 atom stereocenters. The minimum atomic E-state index is -0.191. The van der Waals surface area contributed by atoms with Crippen LogP contribution in [0.5, 0.6) is 0 Å². The van der Waals surface area contributed by atoms with E-state index in [-0.39, 0.29) is 18.8 Å². The molecular weight excluding hydrogens is 190 g/mol. The lowest BCUT2D eigenvalue weighted by molar-refractivity contribution is -0.00737. The highest BCUT2D eigenvalue weighted by Crippen LogP contribution is 2.09. The monoisotopic (exact) mass is 217 g/mol. The van der Waals surface area contributed by atoms with Gasteiger partial charge >= 0.3 is 0 Å². The maximum absolute atomic E-state index is 9.16. The minimum absolute atomic E-state index is 0.0278. The maximum atomic E-state index is 9.16. The molecule has 3 N–H and O–H groups in total. The third kappa shape index (κ3) is 7.77.